The molecule has 0 saturated carbocycles. The van der Waals surface area contributed by atoms with Gasteiger partial charge in [-0.3, -0.25) is 10.1 Å². The van der Waals surface area contributed by atoms with Crippen molar-refractivity contribution in [3.05, 3.63) is 63.7 Å². The van der Waals surface area contributed by atoms with Gasteiger partial charge in [0.05, 0.1) is 16.3 Å². The highest BCUT2D eigenvalue weighted by Crippen LogP contribution is 2.36. The number of amides is 3. The molecule has 0 aromatic heterocycles. The van der Waals surface area contributed by atoms with Gasteiger partial charge in [-0.2, -0.15) is 13.2 Å². The molecule has 0 aliphatic rings. The van der Waals surface area contributed by atoms with Crippen LogP contribution in [-0.4, -0.2) is 11.9 Å². The first kappa shape index (κ1) is 20.5. The lowest BCUT2D eigenvalue weighted by Crippen LogP contribution is -2.35. The molecule has 0 aliphatic carbocycles. The maximum absolute atomic E-state index is 13.7. The predicted molar refractivity (Wildman–Crippen MR) is 79.2 cm³/mol. The SMILES string of the molecule is O=C(NC(=O)c1ccc(F)cc1Cl)Nc1cc(F)c(C(F)(F)F)c(F)c1F. The fraction of sp³-hybridized carbons (Fsp3) is 0.0667. The van der Waals surface area contributed by atoms with Crippen LogP contribution < -0.4 is 10.6 Å². The summed E-state index contributed by atoms with van der Waals surface area (Å²) in [6, 6.07) is 0.889. The number of anilines is 1. The lowest BCUT2D eigenvalue weighted by molar-refractivity contribution is -0.142. The Bertz CT molecular complexity index is 931. The monoisotopic (exact) mass is 414 g/mol. The van der Waals surface area contributed by atoms with Crippen LogP contribution >= 0.6 is 11.6 Å². The third kappa shape index (κ3) is 4.48. The van der Waals surface area contributed by atoms with Crippen LogP contribution in [-0.2, 0) is 6.18 Å². The van der Waals surface area contributed by atoms with Crippen molar-refractivity contribution in [2.24, 2.45) is 0 Å². The molecule has 2 N–H and O–H groups in total. The maximum atomic E-state index is 13.7. The summed E-state index contributed by atoms with van der Waals surface area (Å²) in [4.78, 5) is 23.4. The zero-order chi connectivity index (χ0) is 20.5. The fourth-order valence-corrected chi connectivity index (χ4v) is 2.20. The predicted octanol–water partition coefficient (Wildman–Crippen LogP) is 4.88. The molecule has 0 aliphatic heterocycles. The standard InChI is InChI=1S/C15H6ClF7N2O2/c16-7-3-5(17)1-2-6(7)13(26)25-14(27)24-9-4-8(18)10(15(21,22)23)12(20)11(9)19/h1-4H,(H2,24,25,26,27). The average Bonchev–Trinajstić information content (AvgIpc) is 2.50. The van der Waals surface area contributed by atoms with Gasteiger partial charge in [0.25, 0.3) is 5.91 Å². The minimum absolute atomic E-state index is 0.101. The Balaban J connectivity index is 2.22. The number of carbonyl (C=O) groups is 2. The van der Waals surface area contributed by atoms with E-state index in [9.17, 15) is 40.3 Å². The van der Waals surface area contributed by atoms with Gasteiger partial charge < -0.3 is 5.32 Å². The Kier molecular flexibility index (Phi) is 5.64. The van der Waals surface area contributed by atoms with Gasteiger partial charge in [-0.25, -0.2) is 22.4 Å². The van der Waals surface area contributed by atoms with Crippen molar-refractivity contribution < 1.29 is 40.3 Å². The first-order valence-corrected chi connectivity index (χ1v) is 7.11. The molecule has 0 radical (unpaired) electrons. The molecule has 0 saturated heterocycles. The summed E-state index contributed by atoms with van der Waals surface area (Å²) >= 11 is 5.60. The Morgan fingerprint density at radius 1 is 0.963 bits per heavy atom. The molecule has 27 heavy (non-hydrogen) atoms. The molecule has 0 atom stereocenters. The topological polar surface area (TPSA) is 58.2 Å². The van der Waals surface area contributed by atoms with E-state index >= 15 is 0 Å². The molecule has 2 aromatic carbocycles. The molecule has 0 heterocycles. The summed E-state index contributed by atoms with van der Waals surface area (Å²) in [5, 5.41) is 2.70. The summed E-state index contributed by atoms with van der Waals surface area (Å²) in [5.74, 6) is -8.90. The molecular formula is C15H6ClF7N2O2. The molecule has 2 aromatic rings. The number of nitrogens with one attached hydrogen (secondary N) is 2. The second-order valence-electron chi connectivity index (χ2n) is 4.94. The van der Waals surface area contributed by atoms with Crippen molar-refractivity contribution in [3.8, 4) is 0 Å². The van der Waals surface area contributed by atoms with Crippen molar-refractivity contribution in [1.82, 2.24) is 5.32 Å². The number of hydrogen-bond donors (Lipinski definition) is 2. The number of imide groups is 1. The molecule has 3 amide bonds. The summed E-state index contributed by atoms with van der Waals surface area (Å²) in [7, 11) is 0. The molecule has 0 spiro atoms. The molecule has 0 unspecified atom stereocenters. The molecule has 2 rings (SSSR count). The molecule has 4 nitrogen and oxygen atoms in total. The van der Waals surface area contributed by atoms with E-state index in [2.05, 4.69) is 0 Å². The number of urea groups is 1. The first-order valence-electron chi connectivity index (χ1n) is 6.74. The van der Waals surface area contributed by atoms with Crippen LogP contribution in [0.4, 0.5) is 41.2 Å². The van der Waals surface area contributed by atoms with E-state index in [-0.39, 0.29) is 16.7 Å². The van der Waals surface area contributed by atoms with E-state index in [4.69, 9.17) is 11.6 Å². The lowest BCUT2D eigenvalue weighted by Gasteiger charge is -2.13. The van der Waals surface area contributed by atoms with Crippen molar-refractivity contribution in [1.29, 1.82) is 0 Å². The van der Waals surface area contributed by atoms with E-state index in [0.717, 1.165) is 18.2 Å². The van der Waals surface area contributed by atoms with Gasteiger partial charge in [0.1, 0.15) is 17.2 Å². The van der Waals surface area contributed by atoms with Crippen LogP contribution in [0.5, 0.6) is 0 Å². The molecular weight excluding hydrogens is 409 g/mol. The van der Waals surface area contributed by atoms with Crippen LogP contribution in [0.1, 0.15) is 15.9 Å². The Labute approximate surface area is 150 Å². The lowest BCUT2D eigenvalue weighted by atomic mass is 10.1. The van der Waals surface area contributed by atoms with Gasteiger partial charge in [0.15, 0.2) is 11.6 Å². The van der Waals surface area contributed by atoms with Crippen molar-refractivity contribution in [3.63, 3.8) is 0 Å². The largest absolute Gasteiger partial charge is 0.422 e. The van der Waals surface area contributed by atoms with Crippen molar-refractivity contribution >= 4 is 29.2 Å². The fourth-order valence-electron chi connectivity index (χ4n) is 1.94. The number of rotatable bonds is 2. The normalized spacial score (nSPS) is 11.3. The minimum atomic E-state index is -5.51. The third-order valence-electron chi connectivity index (χ3n) is 3.09. The van der Waals surface area contributed by atoms with Crippen LogP contribution in [0, 0.1) is 23.3 Å². The minimum Gasteiger partial charge on any atom is -0.305 e. The van der Waals surface area contributed by atoms with Crippen LogP contribution in [0.2, 0.25) is 5.02 Å². The Morgan fingerprint density at radius 2 is 1.59 bits per heavy atom. The average molecular weight is 415 g/mol. The van der Waals surface area contributed by atoms with E-state index in [0.29, 0.717) is 0 Å². The quantitative estimate of drug-likeness (QED) is 0.544. The molecule has 0 fully saturated rings. The summed E-state index contributed by atoms with van der Waals surface area (Å²) in [6.45, 7) is 0. The van der Waals surface area contributed by atoms with Gasteiger partial charge in [-0.15, -0.1) is 0 Å². The van der Waals surface area contributed by atoms with E-state index in [1.165, 1.54) is 5.32 Å². The summed E-state index contributed by atoms with van der Waals surface area (Å²) in [5.41, 5.74) is -4.12. The molecule has 12 heteroatoms. The second-order valence-corrected chi connectivity index (χ2v) is 5.35. The first-order chi connectivity index (χ1) is 12.4. The maximum Gasteiger partial charge on any atom is 0.422 e. The zero-order valence-corrected chi connectivity index (χ0v) is 13.4. The van der Waals surface area contributed by atoms with Crippen LogP contribution in [0.25, 0.3) is 0 Å². The molecule has 0 bridgehead atoms. The summed E-state index contributed by atoms with van der Waals surface area (Å²) in [6.07, 6.45) is -5.51. The third-order valence-corrected chi connectivity index (χ3v) is 3.41. The van der Waals surface area contributed by atoms with Gasteiger partial charge >= 0.3 is 12.2 Å². The highest BCUT2D eigenvalue weighted by Gasteiger charge is 2.40. The van der Waals surface area contributed by atoms with Crippen molar-refractivity contribution in [2.75, 3.05) is 5.32 Å². The second kappa shape index (κ2) is 7.43. The van der Waals surface area contributed by atoms with Gasteiger partial charge in [0, 0.05) is 6.07 Å². The van der Waals surface area contributed by atoms with Crippen molar-refractivity contribution in [2.45, 2.75) is 6.18 Å². The number of hydrogen-bond acceptors (Lipinski definition) is 2. The smallest absolute Gasteiger partial charge is 0.305 e. The highest BCUT2D eigenvalue weighted by molar-refractivity contribution is 6.34. The highest BCUT2D eigenvalue weighted by atomic mass is 35.5. The van der Waals surface area contributed by atoms with E-state index in [1.807, 2.05) is 0 Å². The zero-order valence-electron chi connectivity index (χ0n) is 12.6. The number of carbonyl (C=O) groups excluding carboxylic acids is 2. The Hall–Kier alpha value is -2.82. The van der Waals surface area contributed by atoms with Crippen LogP contribution in [0.15, 0.2) is 24.3 Å². The number of benzene rings is 2. The van der Waals surface area contributed by atoms with Gasteiger partial charge in [-0.05, 0) is 18.2 Å². The van der Waals surface area contributed by atoms with E-state index < -0.39 is 52.6 Å². The Morgan fingerprint density at radius 3 is 2.15 bits per heavy atom. The number of alkyl halides is 3. The van der Waals surface area contributed by atoms with Gasteiger partial charge in [-0.1, -0.05) is 11.6 Å². The van der Waals surface area contributed by atoms with Gasteiger partial charge in [0.2, 0.25) is 0 Å². The number of halogens is 8. The van der Waals surface area contributed by atoms with E-state index in [1.54, 1.807) is 5.32 Å². The molecule has 144 valence electrons. The van der Waals surface area contributed by atoms with Crippen LogP contribution in [0.3, 0.4) is 0 Å². The summed E-state index contributed by atoms with van der Waals surface area (Å²) < 4.78 is 90.9.